The molecule has 1 heterocycles. The van der Waals surface area contributed by atoms with Gasteiger partial charge >= 0.3 is 5.97 Å². The zero-order valence-electron chi connectivity index (χ0n) is 10.9. The molecule has 0 aromatic carbocycles. The molecule has 18 heavy (non-hydrogen) atoms. The molecular formula is C13H24N2O3. The predicted molar refractivity (Wildman–Crippen MR) is 68.5 cm³/mol. The first-order chi connectivity index (χ1) is 8.59. The quantitative estimate of drug-likeness (QED) is 0.677. The molecule has 1 saturated carbocycles. The molecule has 0 aromatic heterocycles. The lowest BCUT2D eigenvalue weighted by atomic mass is 9.78. The summed E-state index contributed by atoms with van der Waals surface area (Å²) in [7, 11) is 0. The van der Waals surface area contributed by atoms with Crippen molar-refractivity contribution in [3.05, 3.63) is 0 Å². The summed E-state index contributed by atoms with van der Waals surface area (Å²) < 4.78 is 0. The molecule has 0 aromatic rings. The first-order valence-corrected chi connectivity index (χ1v) is 6.97. The first kappa shape index (κ1) is 13.8. The van der Waals surface area contributed by atoms with E-state index in [0.29, 0.717) is 32.2 Å². The fourth-order valence-corrected chi connectivity index (χ4v) is 3.04. The SMILES string of the molecule is O=C(O)C1CCC(O)(CN2CCCNCC2)CC1. The van der Waals surface area contributed by atoms with Crippen molar-refractivity contribution < 1.29 is 15.0 Å². The third-order valence-corrected chi connectivity index (χ3v) is 4.22. The van der Waals surface area contributed by atoms with Gasteiger partial charge in [0.05, 0.1) is 11.5 Å². The number of nitrogens with zero attached hydrogens (tertiary/aromatic N) is 1. The van der Waals surface area contributed by atoms with E-state index in [1.807, 2.05) is 0 Å². The molecule has 5 heteroatoms. The van der Waals surface area contributed by atoms with Crippen LogP contribution in [0.2, 0.25) is 0 Å². The number of hydrogen-bond donors (Lipinski definition) is 3. The lowest BCUT2D eigenvalue weighted by Crippen LogP contribution is -2.47. The second-order valence-corrected chi connectivity index (χ2v) is 5.72. The maximum absolute atomic E-state index is 10.9. The fraction of sp³-hybridized carbons (Fsp3) is 0.923. The van der Waals surface area contributed by atoms with Crippen molar-refractivity contribution in [2.45, 2.75) is 37.7 Å². The fourth-order valence-electron chi connectivity index (χ4n) is 3.04. The summed E-state index contributed by atoms with van der Waals surface area (Å²) in [6, 6.07) is 0. The summed E-state index contributed by atoms with van der Waals surface area (Å²) in [6.07, 6.45) is 3.57. The number of carboxylic acids is 1. The Morgan fingerprint density at radius 1 is 1.28 bits per heavy atom. The average molecular weight is 256 g/mol. The Morgan fingerprint density at radius 2 is 2.00 bits per heavy atom. The van der Waals surface area contributed by atoms with E-state index in [0.717, 1.165) is 32.6 Å². The Balaban J connectivity index is 1.83. The van der Waals surface area contributed by atoms with E-state index in [-0.39, 0.29) is 5.92 Å². The van der Waals surface area contributed by atoms with Crippen molar-refractivity contribution in [2.24, 2.45) is 5.92 Å². The minimum absolute atomic E-state index is 0.254. The molecule has 5 nitrogen and oxygen atoms in total. The van der Waals surface area contributed by atoms with E-state index in [2.05, 4.69) is 10.2 Å². The topological polar surface area (TPSA) is 72.8 Å². The van der Waals surface area contributed by atoms with Crippen LogP contribution in [0.1, 0.15) is 32.1 Å². The Bertz CT molecular complexity index is 280. The van der Waals surface area contributed by atoms with Gasteiger partial charge in [-0.2, -0.15) is 0 Å². The lowest BCUT2D eigenvalue weighted by molar-refractivity contribution is -0.145. The number of β-amino-alcohol motifs (C(OH)–C–C–N with tert-alkyl or cyclic N) is 1. The van der Waals surface area contributed by atoms with Crippen LogP contribution in [0.5, 0.6) is 0 Å². The zero-order valence-corrected chi connectivity index (χ0v) is 10.9. The van der Waals surface area contributed by atoms with Crippen molar-refractivity contribution in [3.8, 4) is 0 Å². The van der Waals surface area contributed by atoms with Gasteiger partial charge in [0.1, 0.15) is 0 Å². The van der Waals surface area contributed by atoms with Crippen molar-refractivity contribution in [3.63, 3.8) is 0 Å². The van der Waals surface area contributed by atoms with E-state index < -0.39 is 11.6 Å². The third kappa shape index (κ3) is 3.67. The normalized spacial score (nSPS) is 35.1. The summed E-state index contributed by atoms with van der Waals surface area (Å²) in [4.78, 5) is 13.2. The van der Waals surface area contributed by atoms with Gasteiger partial charge in [-0.1, -0.05) is 0 Å². The van der Waals surface area contributed by atoms with Gasteiger partial charge in [-0.3, -0.25) is 9.69 Å². The maximum atomic E-state index is 10.9. The molecule has 0 atom stereocenters. The molecule has 2 rings (SSSR count). The number of aliphatic carboxylic acids is 1. The summed E-state index contributed by atoms with van der Waals surface area (Å²) in [5.41, 5.74) is -0.670. The van der Waals surface area contributed by atoms with Crippen LogP contribution in [-0.4, -0.2) is 59.4 Å². The average Bonchev–Trinajstić information content (AvgIpc) is 2.57. The van der Waals surface area contributed by atoms with Crippen LogP contribution in [0, 0.1) is 5.92 Å². The highest BCUT2D eigenvalue weighted by molar-refractivity contribution is 5.70. The standard InChI is InChI=1S/C13H24N2O3/c16-12(17)11-2-4-13(18,5-3-11)10-15-8-1-6-14-7-9-15/h11,14,18H,1-10H2,(H,16,17). The van der Waals surface area contributed by atoms with Crippen LogP contribution < -0.4 is 5.32 Å². The van der Waals surface area contributed by atoms with Gasteiger partial charge in [0, 0.05) is 19.6 Å². The largest absolute Gasteiger partial charge is 0.481 e. The number of carbonyl (C=O) groups is 1. The molecule has 0 amide bonds. The maximum Gasteiger partial charge on any atom is 0.306 e. The van der Waals surface area contributed by atoms with Gasteiger partial charge in [0.2, 0.25) is 0 Å². The molecule has 0 unspecified atom stereocenters. The Labute approximate surface area is 108 Å². The summed E-state index contributed by atoms with van der Waals surface area (Å²) >= 11 is 0. The second-order valence-electron chi connectivity index (χ2n) is 5.72. The van der Waals surface area contributed by atoms with Gasteiger partial charge < -0.3 is 15.5 Å². The Hall–Kier alpha value is -0.650. The summed E-state index contributed by atoms with van der Waals surface area (Å²) in [5.74, 6) is -0.966. The molecule has 1 saturated heterocycles. The van der Waals surface area contributed by atoms with Gasteiger partial charge in [0.25, 0.3) is 0 Å². The van der Waals surface area contributed by atoms with E-state index in [1.54, 1.807) is 0 Å². The minimum Gasteiger partial charge on any atom is -0.481 e. The molecule has 1 aliphatic heterocycles. The number of hydrogen-bond acceptors (Lipinski definition) is 4. The monoisotopic (exact) mass is 256 g/mol. The molecule has 1 aliphatic carbocycles. The zero-order chi connectivity index (χ0) is 13.0. The van der Waals surface area contributed by atoms with Crippen LogP contribution in [0.25, 0.3) is 0 Å². The third-order valence-electron chi connectivity index (χ3n) is 4.22. The van der Waals surface area contributed by atoms with Crippen LogP contribution in [-0.2, 0) is 4.79 Å². The van der Waals surface area contributed by atoms with E-state index in [9.17, 15) is 9.90 Å². The molecule has 0 radical (unpaired) electrons. The molecule has 2 aliphatic rings. The summed E-state index contributed by atoms with van der Waals surface area (Å²) in [5, 5.41) is 22.9. The smallest absolute Gasteiger partial charge is 0.306 e. The molecular weight excluding hydrogens is 232 g/mol. The van der Waals surface area contributed by atoms with Crippen LogP contribution in [0.4, 0.5) is 0 Å². The number of aliphatic hydroxyl groups is 1. The summed E-state index contributed by atoms with van der Waals surface area (Å²) in [6.45, 7) is 4.73. The molecule has 2 fully saturated rings. The molecule has 104 valence electrons. The highest BCUT2D eigenvalue weighted by atomic mass is 16.4. The number of carboxylic acid groups (broad SMARTS) is 1. The Morgan fingerprint density at radius 3 is 2.67 bits per heavy atom. The van der Waals surface area contributed by atoms with Crippen LogP contribution in [0.3, 0.4) is 0 Å². The number of nitrogens with one attached hydrogen (secondary N) is 1. The van der Waals surface area contributed by atoms with Crippen LogP contribution >= 0.6 is 0 Å². The minimum atomic E-state index is -0.712. The van der Waals surface area contributed by atoms with E-state index in [4.69, 9.17) is 5.11 Å². The van der Waals surface area contributed by atoms with Gasteiger partial charge in [-0.05, 0) is 45.2 Å². The molecule has 3 N–H and O–H groups in total. The molecule has 0 spiro atoms. The number of rotatable bonds is 3. The highest BCUT2D eigenvalue weighted by Crippen LogP contribution is 2.33. The lowest BCUT2D eigenvalue weighted by Gasteiger charge is -2.38. The predicted octanol–water partition coefficient (Wildman–Crippen LogP) is 0.288. The van der Waals surface area contributed by atoms with Crippen LogP contribution in [0.15, 0.2) is 0 Å². The second kappa shape index (κ2) is 5.99. The van der Waals surface area contributed by atoms with Crippen molar-refractivity contribution in [2.75, 3.05) is 32.7 Å². The van der Waals surface area contributed by atoms with Crippen molar-refractivity contribution >= 4 is 5.97 Å². The first-order valence-electron chi connectivity index (χ1n) is 6.97. The van der Waals surface area contributed by atoms with E-state index in [1.165, 1.54) is 0 Å². The van der Waals surface area contributed by atoms with Gasteiger partial charge in [-0.25, -0.2) is 0 Å². The molecule has 0 bridgehead atoms. The van der Waals surface area contributed by atoms with Gasteiger partial charge in [0.15, 0.2) is 0 Å². The van der Waals surface area contributed by atoms with Crippen molar-refractivity contribution in [1.82, 2.24) is 10.2 Å². The van der Waals surface area contributed by atoms with Crippen molar-refractivity contribution in [1.29, 1.82) is 0 Å². The van der Waals surface area contributed by atoms with E-state index >= 15 is 0 Å². The highest BCUT2D eigenvalue weighted by Gasteiger charge is 2.36. The Kier molecular flexibility index (Phi) is 4.59. The van der Waals surface area contributed by atoms with Gasteiger partial charge in [-0.15, -0.1) is 0 Å².